The lowest BCUT2D eigenvalue weighted by atomic mass is 9.92. The van der Waals surface area contributed by atoms with E-state index in [1.54, 1.807) is 6.20 Å². The molecule has 1 aromatic heterocycles. The summed E-state index contributed by atoms with van der Waals surface area (Å²) in [5, 5.41) is 9.32. The van der Waals surface area contributed by atoms with Crippen LogP contribution in [-0.2, 0) is 4.79 Å². The average Bonchev–Trinajstić information content (AvgIpc) is 2.32. The Morgan fingerprint density at radius 3 is 2.78 bits per heavy atom. The van der Waals surface area contributed by atoms with E-state index in [2.05, 4.69) is 16.9 Å². The van der Waals surface area contributed by atoms with Crippen LogP contribution >= 0.6 is 0 Å². The third-order valence-corrected chi connectivity index (χ3v) is 3.62. The van der Waals surface area contributed by atoms with E-state index in [4.69, 9.17) is 0 Å². The molecule has 0 amide bonds. The number of carboxylic acids is 1. The Morgan fingerprint density at radius 1 is 1.44 bits per heavy atom. The molecular formula is C13H19N3O2. The highest BCUT2D eigenvalue weighted by atomic mass is 16.4. The smallest absolute Gasteiger partial charge is 0.326 e. The predicted molar refractivity (Wildman–Crippen MR) is 68.7 cm³/mol. The van der Waals surface area contributed by atoms with Crippen molar-refractivity contribution in [3.8, 4) is 0 Å². The first-order valence-electron chi connectivity index (χ1n) is 6.28. The Bertz CT molecular complexity index is 462. The number of hydrogen-bond acceptors (Lipinski definition) is 4. The summed E-state index contributed by atoms with van der Waals surface area (Å²) in [6.07, 6.45) is 3.34. The molecule has 2 atom stereocenters. The number of aryl methyl sites for hydroxylation is 2. The van der Waals surface area contributed by atoms with E-state index in [0.717, 1.165) is 24.4 Å². The maximum atomic E-state index is 11.3. The lowest BCUT2D eigenvalue weighted by Gasteiger charge is -2.36. The van der Waals surface area contributed by atoms with Gasteiger partial charge in [-0.15, -0.1) is 0 Å². The Kier molecular flexibility index (Phi) is 3.50. The van der Waals surface area contributed by atoms with Crippen LogP contribution in [-0.4, -0.2) is 33.6 Å². The first-order valence-corrected chi connectivity index (χ1v) is 6.28. The van der Waals surface area contributed by atoms with E-state index in [1.807, 2.05) is 18.7 Å². The van der Waals surface area contributed by atoms with E-state index in [-0.39, 0.29) is 0 Å². The van der Waals surface area contributed by atoms with Crippen LogP contribution < -0.4 is 4.90 Å². The molecule has 0 bridgehead atoms. The number of piperidine rings is 1. The molecule has 0 aliphatic carbocycles. The lowest BCUT2D eigenvalue weighted by molar-refractivity contribution is -0.139. The number of carbonyl (C=O) groups is 1. The molecule has 0 spiro atoms. The zero-order chi connectivity index (χ0) is 13.3. The topological polar surface area (TPSA) is 66.3 Å². The molecule has 5 heteroatoms. The zero-order valence-electron chi connectivity index (χ0n) is 11.1. The van der Waals surface area contributed by atoms with Crippen LogP contribution in [0.2, 0.25) is 0 Å². The number of nitrogens with zero attached hydrogens (tertiary/aromatic N) is 3. The van der Waals surface area contributed by atoms with Gasteiger partial charge in [0.25, 0.3) is 0 Å². The molecular weight excluding hydrogens is 230 g/mol. The van der Waals surface area contributed by atoms with Gasteiger partial charge in [-0.1, -0.05) is 6.92 Å². The highest BCUT2D eigenvalue weighted by molar-refractivity contribution is 5.78. The van der Waals surface area contributed by atoms with Crippen molar-refractivity contribution in [1.29, 1.82) is 0 Å². The highest BCUT2D eigenvalue weighted by Gasteiger charge is 2.32. The minimum absolute atomic E-state index is 0.446. The maximum absolute atomic E-state index is 11.3. The molecule has 1 aliphatic heterocycles. The molecule has 0 radical (unpaired) electrons. The van der Waals surface area contributed by atoms with Gasteiger partial charge >= 0.3 is 5.97 Å². The summed E-state index contributed by atoms with van der Waals surface area (Å²) in [6, 6.07) is -0.481. The monoisotopic (exact) mass is 249 g/mol. The van der Waals surface area contributed by atoms with Gasteiger partial charge in [0.2, 0.25) is 0 Å². The highest BCUT2D eigenvalue weighted by Crippen LogP contribution is 2.26. The van der Waals surface area contributed by atoms with Gasteiger partial charge in [-0.2, -0.15) is 0 Å². The number of anilines is 1. The van der Waals surface area contributed by atoms with E-state index in [9.17, 15) is 9.90 Å². The molecule has 1 fully saturated rings. The van der Waals surface area contributed by atoms with Crippen molar-refractivity contribution in [1.82, 2.24) is 9.97 Å². The largest absolute Gasteiger partial charge is 0.480 e. The molecule has 1 aromatic rings. The Hall–Kier alpha value is -1.65. The van der Waals surface area contributed by atoms with Crippen LogP contribution in [0.15, 0.2) is 6.20 Å². The lowest BCUT2D eigenvalue weighted by Crippen LogP contribution is -2.47. The number of aromatic nitrogens is 2. The van der Waals surface area contributed by atoms with Crippen LogP contribution in [0, 0.1) is 19.8 Å². The zero-order valence-corrected chi connectivity index (χ0v) is 11.1. The summed E-state index contributed by atoms with van der Waals surface area (Å²) < 4.78 is 0. The Labute approximate surface area is 107 Å². The fraction of sp³-hybridized carbons (Fsp3) is 0.615. The van der Waals surface area contributed by atoms with Gasteiger partial charge in [0, 0.05) is 6.54 Å². The van der Waals surface area contributed by atoms with Gasteiger partial charge in [0.15, 0.2) is 0 Å². The van der Waals surface area contributed by atoms with E-state index in [0.29, 0.717) is 18.2 Å². The fourth-order valence-electron chi connectivity index (χ4n) is 2.32. The van der Waals surface area contributed by atoms with E-state index in [1.165, 1.54) is 0 Å². The molecule has 0 aromatic carbocycles. The second kappa shape index (κ2) is 4.92. The summed E-state index contributed by atoms with van der Waals surface area (Å²) in [7, 11) is 0. The standard InChI is InChI=1S/C13H19N3O2/c1-8-4-5-16(11(6-8)13(17)18)12-7-14-9(2)10(3)15-12/h7-8,11H,4-6H2,1-3H3,(H,17,18). The molecule has 1 N–H and O–H groups in total. The second-order valence-corrected chi connectivity index (χ2v) is 5.08. The average molecular weight is 249 g/mol. The molecule has 0 saturated carbocycles. The maximum Gasteiger partial charge on any atom is 0.326 e. The first kappa shape index (κ1) is 12.8. The summed E-state index contributed by atoms with van der Waals surface area (Å²) in [4.78, 5) is 21.9. The van der Waals surface area contributed by atoms with Crippen molar-refractivity contribution in [3.05, 3.63) is 17.6 Å². The van der Waals surface area contributed by atoms with Crippen molar-refractivity contribution in [2.45, 2.75) is 39.7 Å². The summed E-state index contributed by atoms with van der Waals surface area (Å²) in [5.41, 5.74) is 1.74. The van der Waals surface area contributed by atoms with Crippen LogP contribution in [0.4, 0.5) is 5.82 Å². The van der Waals surface area contributed by atoms with Gasteiger partial charge in [-0.25, -0.2) is 9.78 Å². The van der Waals surface area contributed by atoms with Crippen molar-refractivity contribution in [3.63, 3.8) is 0 Å². The predicted octanol–water partition coefficient (Wildman–Crippen LogP) is 1.78. The molecule has 98 valence electrons. The van der Waals surface area contributed by atoms with Gasteiger partial charge in [-0.05, 0) is 32.6 Å². The van der Waals surface area contributed by atoms with Crippen molar-refractivity contribution < 1.29 is 9.90 Å². The van der Waals surface area contributed by atoms with Crippen molar-refractivity contribution in [2.24, 2.45) is 5.92 Å². The number of hydrogen-bond donors (Lipinski definition) is 1. The quantitative estimate of drug-likeness (QED) is 0.865. The summed E-state index contributed by atoms with van der Waals surface area (Å²) >= 11 is 0. The normalized spacial score (nSPS) is 24.1. The number of rotatable bonds is 2. The molecule has 1 aliphatic rings. The molecule has 18 heavy (non-hydrogen) atoms. The third-order valence-electron chi connectivity index (χ3n) is 3.62. The minimum atomic E-state index is -0.776. The van der Waals surface area contributed by atoms with Gasteiger partial charge in [-0.3, -0.25) is 4.98 Å². The van der Waals surface area contributed by atoms with Gasteiger partial charge in [0.05, 0.1) is 17.6 Å². The molecule has 2 rings (SSSR count). The van der Waals surface area contributed by atoms with Crippen molar-refractivity contribution >= 4 is 11.8 Å². The Balaban J connectivity index is 2.29. The van der Waals surface area contributed by atoms with E-state index >= 15 is 0 Å². The van der Waals surface area contributed by atoms with Crippen molar-refractivity contribution in [2.75, 3.05) is 11.4 Å². The van der Waals surface area contributed by atoms with Crippen LogP contribution in [0.3, 0.4) is 0 Å². The van der Waals surface area contributed by atoms with Crippen LogP contribution in [0.5, 0.6) is 0 Å². The molecule has 2 unspecified atom stereocenters. The van der Waals surface area contributed by atoms with Crippen LogP contribution in [0.1, 0.15) is 31.2 Å². The molecule has 2 heterocycles. The van der Waals surface area contributed by atoms with Crippen LogP contribution in [0.25, 0.3) is 0 Å². The number of aliphatic carboxylic acids is 1. The molecule has 1 saturated heterocycles. The fourth-order valence-corrected chi connectivity index (χ4v) is 2.32. The van der Waals surface area contributed by atoms with E-state index < -0.39 is 12.0 Å². The van der Waals surface area contributed by atoms with Gasteiger partial charge in [0.1, 0.15) is 11.9 Å². The number of carboxylic acid groups (broad SMARTS) is 1. The molecule has 5 nitrogen and oxygen atoms in total. The summed E-state index contributed by atoms with van der Waals surface area (Å²) in [6.45, 7) is 6.63. The first-order chi connectivity index (χ1) is 8.49. The minimum Gasteiger partial charge on any atom is -0.480 e. The second-order valence-electron chi connectivity index (χ2n) is 5.08. The van der Waals surface area contributed by atoms with Gasteiger partial charge < -0.3 is 10.0 Å². The SMILES string of the molecule is Cc1ncc(N2CCC(C)CC2C(=O)O)nc1C. The Morgan fingerprint density at radius 2 is 2.17 bits per heavy atom. The third kappa shape index (κ3) is 2.44. The summed E-state index contributed by atoms with van der Waals surface area (Å²) in [5.74, 6) is 0.348.